The highest BCUT2D eigenvalue weighted by atomic mass is 16.5. The molecule has 1 N–H and O–H groups in total. The summed E-state index contributed by atoms with van der Waals surface area (Å²) in [5, 5.41) is 2.78. The molecule has 0 aliphatic rings. The Morgan fingerprint density at radius 2 is 1.96 bits per heavy atom. The van der Waals surface area contributed by atoms with Crippen molar-refractivity contribution in [3.63, 3.8) is 0 Å². The summed E-state index contributed by atoms with van der Waals surface area (Å²) >= 11 is 0. The molecule has 0 fully saturated rings. The molecule has 1 rings (SSSR count). The molecule has 0 aliphatic carbocycles. The molecule has 0 saturated heterocycles. The van der Waals surface area contributed by atoms with E-state index in [9.17, 15) is 9.59 Å². The van der Waals surface area contributed by atoms with Gasteiger partial charge in [0, 0.05) is 7.11 Å². The van der Waals surface area contributed by atoms with E-state index in [0.29, 0.717) is 0 Å². The maximum absolute atomic E-state index is 12.6. The number of carbonyl (C=O) groups excluding carboxylic acids is 2. The Hall–Kier alpha value is -1.88. The smallest absolute Gasteiger partial charge is 0.333 e. The van der Waals surface area contributed by atoms with Crippen molar-refractivity contribution in [3.05, 3.63) is 34.9 Å². The Balaban J connectivity index is 2.95. The third-order valence-electron chi connectivity index (χ3n) is 3.84. The summed E-state index contributed by atoms with van der Waals surface area (Å²) in [6.07, 6.45) is 0. The van der Waals surface area contributed by atoms with Gasteiger partial charge < -0.3 is 14.8 Å². The predicted octanol–water partition coefficient (Wildman–Crippen LogP) is 2.49. The van der Waals surface area contributed by atoms with Crippen molar-refractivity contribution in [3.8, 4) is 0 Å². The number of hydrogen-bond acceptors (Lipinski definition) is 4. The van der Waals surface area contributed by atoms with Gasteiger partial charge in [-0.2, -0.15) is 0 Å². The van der Waals surface area contributed by atoms with Gasteiger partial charge in [0.15, 0.2) is 5.54 Å². The number of hydrogen-bond donors (Lipinski definition) is 1. The highest BCUT2D eigenvalue weighted by Gasteiger charge is 2.38. The fraction of sp³-hybridized carbons (Fsp3) is 0.556. The van der Waals surface area contributed by atoms with E-state index in [0.717, 1.165) is 16.7 Å². The number of benzene rings is 1. The van der Waals surface area contributed by atoms with E-state index < -0.39 is 11.5 Å². The first-order valence-corrected chi connectivity index (χ1v) is 7.80. The van der Waals surface area contributed by atoms with Crippen LogP contribution >= 0.6 is 0 Å². The zero-order valence-corrected chi connectivity index (χ0v) is 14.9. The van der Waals surface area contributed by atoms with Gasteiger partial charge in [-0.05, 0) is 45.7 Å². The highest BCUT2D eigenvalue weighted by molar-refractivity contribution is 5.91. The standard InChI is InChI=1S/C18H27NO4/c1-7-23-17(21)18(5,11-22-6)19-16(20)14(4)15-9-8-12(2)10-13(15)3/h8-10,14H,7,11H2,1-6H3,(H,19,20). The molecule has 2 atom stereocenters. The van der Waals surface area contributed by atoms with Crippen LogP contribution in [0.15, 0.2) is 18.2 Å². The fourth-order valence-electron chi connectivity index (χ4n) is 2.56. The maximum Gasteiger partial charge on any atom is 0.333 e. The number of methoxy groups -OCH3 is 1. The summed E-state index contributed by atoms with van der Waals surface area (Å²) in [5.41, 5.74) is 1.94. The average molecular weight is 321 g/mol. The second-order valence-electron chi connectivity index (χ2n) is 6.06. The summed E-state index contributed by atoms with van der Waals surface area (Å²) in [4.78, 5) is 24.7. The Morgan fingerprint density at radius 3 is 2.48 bits per heavy atom. The number of esters is 1. The van der Waals surface area contributed by atoms with Crippen LogP contribution in [-0.4, -0.2) is 37.7 Å². The monoisotopic (exact) mass is 321 g/mol. The first-order chi connectivity index (χ1) is 10.7. The van der Waals surface area contributed by atoms with E-state index in [2.05, 4.69) is 5.32 Å². The number of rotatable bonds is 7. The lowest BCUT2D eigenvalue weighted by molar-refractivity contribution is -0.155. The first-order valence-electron chi connectivity index (χ1n) is 7.80. The van der Waals surface area contributed by atoms with E-state index in [1.165, 1.54) is 7.11 Å². The van der Waals surface area contributed by atoms with Gasteiger partial charge in [-0.25, -0.2) is 4.79 Å². The topological polar surface area (TPSA) is 64.6 Å². The van der Waals surface area contributed by atoms with Gasteiger partial charge in [0.1, 0.15) is 0 Å². The summed E-state index contributed by atoms with van der Waals surface area (Å²) in [7, 11) is 1.48. The Bertz CT molecular complexity index is 570. The van der Waals surface area contributed by atoms with Gasteiger partial charge in [-0.15, -0.1) is 0 Å². The quantitative estimate of drug-likeness (QED) is 0.784. The lowest BCUT2D eigenvalue weighted by Gasteiger charge is -2.29. The molecule has 0 aliphatic heterocycles. The lowest BCUT2D eigenvalue weighted by Crippen LogP contribution is -2.57. The van der Waals surface area contributed by atoms with Crippen LogP contribution in [0.5, 0.6) is 0 Å². The van der Waals surface area contributed by atoms with Crippen molar-refractivity contribution in [1.82, 2.24) is 5.32 Å². The Kier molecular flexibility index (Phi) is 6.76. The van der Waals surface area contributed by atoms with Crippen molar-refractivity contribution < 1.29 is 19.1 Å². The molecule has 1 aromatic rings. The molecule has 0 spiro atoms. The van der Waals surface area contributed by atoms with Crippen molar-refractivity contribution in [2.24, 2.45) is 0 Å². The van der Waals surface area contributed by atoms with Crippen molar-refractivity contribution in [2.45, 2.75) is 46.1 Å². The predicted molar refractivity (Wildman–Crippen MR) is 89.4 cm³/mol. The summed E-state index contributed by atoms with van der Waals surface area (Å²) in [6.45, 7) is 9.46. The van der Waals surface area contributed by atoms with Crippen molar-refractivity contribution >= 4 is 11.9 Å². The molecular weight excluding hydrogens is 294 g/mol. The van der Waals surface area contributed by atoms with Crippen LogP contribution in [0.3, 0.4) is 0 Å². The zero-order valence-electron chi connectivity index (χ0n) is 14.9. The molecule has 1 aromatic carbocycles. The van der Waals surface area contributed by atoms with E-state index in [1.807, 2.05) is 39.0 Å². The molecule has 2 unspecified atom stereocenters. The second kappa shape index (κ2) is 8.11. The largest absolute Gasteiger partial charge is 0.464 e. The summed E-state index contributed by atoms with van der Waals surface area (Å²) in [5.74, 6) is -1.10. The number of carbonyl (C=O) groups is 2. The van der Waals surface area contributed by atoms with Crippen LogP contribution < -0.4 is 5.32 Å². The second-order valence-corrected chi connectivity index (χ2v) is 6.06. The van der Waals surface area contributed by atoms with Gasteiger partial charge in [0.2, 0.25) is 5.91 Å². The van der Waals surface area contributed by atoms with Crippen LogP contribution in [-0.2, 0) is 19.1 Å². The van der Waals surface area contributed by atoms with Crippen molar-refractivity contribution in [1.29, 1.82) is 0 Å². The van der Waals surface area contributed by atoms with Gasteiger partial charge in [0.05, 0.1) is 19.1 Å². The molecule has 1 amide bonds. The minimum absolute atomic E-state index is 0.0528. The van der Waals surface area contributed by atoms with Gasteiger partial charge in [-0.3, -0.25) is 4.79 Å². The average Bonchev–Trinajstić information content (AvgIpc) is 2.47. The summed E-state index contributed by atoms with van der Waals surface area (Å²) in [6, 6.07) is 5.97. The SMILES string of the molecule is CCOC(=O)C(C)(COC)NC(=O)C(C)c1ccc(C)cc1C. The molecule has 0 saturated carbocycles. The van der Waals surface area contributed by atoms with Crippen LogP contribution in [0.1, 0.15) is 43.4 Å². The molecule has 23 heavy (non-hydrogen) atoms. The van der Waals surface area contributed by atoms with Crippen LogP contribution in [0.4, 0.5) is 0 Å². The molecule has 0 aromatic heterocycles. The highest BCUT2D eigenvalue weighted by Crippen LogP contribution is 2.22. The van der Waals surface area contributed by atoms with Gasteiger partial charge in [0.25, 0.3) is 0 Å². The van der Waals surface area contributed by atoms with Gasteiger partial charge >= 0.3 is 5.97 Å². The fourth-order valence-corrected chi connectivity index (χ4v) is 2.56. The molecule has 0 bridgehead atoms. The number of aryl methyl sites for hydroxylation is 2. The number of ether oxygens (including phenoxy) is 2. The van der Waals surface area contributed by atoms with Crippen molar-refractivity contribution in [2.75, 3.05) is 20.3 Å². The molecule has 5 nitrogen and oxygen atoms in total. The van der Waals surface area contributed by atoms with E-state index in [-0.39, 0.29) is 25.0 Å². The minimum atomic E-state index is -1.20. The normalized spacial score (nSPS) is 14.7. The minimum Gasteiger partial charge on any atom is -0.464 e. The third kappa shape index (κ3) is 4.79. The maximum atomic E-state index is 12.6. The van der Waals surface area contributed by atoms with Crippen LogP contribution in [0.25, 0.3) is 0 Å². The Morgan fingerprint density at radius 1 is 1.30 bits per heavy atom. The zero-order chi connectivity index (χ0) is 17.6. The summed E-state index contributed by atoms with van der Waals surface area (Å²) < 4.78 is 10.1. The Labute approximate surface area is 138 Å². The number of amides is 1. The molecule has 5 heteroatoms. The van der Waals surface area contributed by atoms with E-state index in [4.69, 9.17) is 9.47 Å². The van der Waals surface area contributed by atoms with Crippen LogP contribution in [0, 0.1) is 13.8 Å². The van der Waals surface area contributed by atoms with E-state index >= 15 is 0 Å². The van der Waals surface area contributed by atoms with Crippen LogP contribution in [0.2, 0.25) is 0 Å². The first kappa shape index (κ1) is 19.2. The molecular formula is C18H27NO4. The lowest BCUT2D eigenvalue weighted by atomic mass is 9.93. The third-order valence-corrected chi connectivity index (χ3v) is 3.84. The van der Waals surface area contributed by atoms with E-state index in [1.54, 1.807) is 13.8 Å². The molecule has 0 radical (unpaired) electrons. The molecule has 128 valence electrons. The number of nitrogens with one attached hydrogen (secondary N) is 1. The molecule has 0 heterocycles. The van der Waals surface area contributed by atoms with Gasteiger partial charge in [-0.1, -0.05) is 23.8 Å².